The fraction of sp³-hybridized carbons (Fsp3) is 0.0714. The summed E-state index contributed by atoms with van der Waals surface area (Å²) in [4.78, 5) is 12.3. The number of hydrogen-bond donors (Lipinski definition) is 0. The predicted molar refractivity (Wildman–Crippen MR) is 75.5 cm³/mol. The molecule has 98 valence electrons. The molecular weight excluding hydrogens is 335 g/mol. The molecule has 19 heavy (non-hydrogen) atoms. The van der Waals surface area contributed by atoms with Crippen molar-refractivity contribution in [3.05, 3.63) is 62.8 Å². The highest BCUT2D eigenvalue weighted by atomic mass is 79.9. The van der Waals surface area contributed by atoms with Crippen LogP contribution in [0.2, 0.25) is 5.02 Å². The number of ketones is 1. The minimum absolute atomic E-state index is 0.0328. The van der Waals surface area contributed by atoms with E-state index < -0.39 is 11.6 Å². The molecule has 0 N–H and O–H groups in total. The van der Waals surface area contributed by atoms with Crippen molar-refractivity contribution < 1.29 is 13.9 Å². The zero-order chi connectivity index (χ0) is 14.0. The first-order chi connectivity index (χ1) is 9.04. The van der Waals surface area contributed by atoms with Crippen molar-refractivity contribution in [1.29, 1.82) is 0 Å². The lowest BCUT2D eigenvalue weighted by Crippen LogP contribution is -2.06. The zero-order valence-corrected chi connectivity index (χ0v) is 12.3. The van der Waals surface area contributed by atoms with Gasteiger partial charge in [0.05, 0.1) is 17.7 Å². The van der Waals surface area contributed by atoms with Crippen LogP contribution in [0.25, 0.3) is 0 Å². The van der Waals surface area contributed by atoms with Gasteiger partial charge in [-0.2, -0.15) is 0 Å². The van der Waals surface area contributed by atoms with E-state index in [0.29, 0.717) is 10.2 Å². The Bertz CT molecular complexity index is 623. The number of benzene rings is 2. The van der Waals surface area contributed by atoms with Gasteiger partial charge >= 0.3 is 0 Å². The van der Waals surface area contributed by atoms with Gasteiger partial charge in [-0.25, -0.2) is 4.39 Å². The Morgan fingerprint density at radius 1 is 1.32 bits per heavy atom. The molecule has 0 aliphatic rings. The van der Waals surface area contributed by atoms with Gasteiger partial charge in [-0.3, -0.25) is 4.79 Å². The minimum atomic E-state index is -0.591. The molecule has 0 amide bonds. The van der Waals surface area contributed by atoms with E-state index in [-0.39, 0.29) is 16.1 Å². The number of methoxy groups -OCH3 is 1. The maximum atomic E-state index is 13.7. The summed E-state index contributed by atoms with van der Waals surface area (Å²) < 4.78 is 19.1. The summed E-state index contributed by atoms with van der Waals surface area (Å²) in [6.07, 6.45) is 0. The molecule has 0 saturated carbocycles. The third-order valence-corrected chi connectivity index (χ3v) is 3.58. The Morgan fingerprint density at radius 3 is 2.63 bits per heavy atom. The Hall–Kier alpha value is -1.39. The van der Waals surface area contributed by atoms with E-state index in [1.54, 1.807) is 12.1 Å². The molecule has 0 bridgehead atoms. The van der Waals surface area contributed by atoms with Crippen molar-refractivity contribution in [3.8, 4) is 5.75 Å². The summed E-state index contributed by atoms with van der Waals surface area (Å²) in [6.45, 7) is 0. The van der Waals surface area contributed by atoms with E-state index in [9.17, 15) is 9.18 Å². The average Bonchev–Trinajstić information content (AvgIpc) is 2.38. The first kappa shape index (κ1) is 14.0. The molecule has 0 aliphatic heterocycles. The van der Waals surface area contributed by atoms with Gasteiger partial charge in [-0.05, 0) is 46.3 Å². The molecule has 2 aromatic carbocycles. The van der Waals surface area contributed by atoms with Crippen LogP contribution in [0.1, 0.15) is 15.9 Å². The number of carbonyl (C=O) groups excluding carboxylic acids is 1. The van der Waals surface area contributed by atoms with Crippen LogP contribution >= 0.6 is 27.5 Å². The van der Waals surface area contributed by atoms with Crippen molar-refractivity contribution in [2.24, 2.45) is 0 Å². The summed E-state index contributed by atoms with van der Waals surface area (Å²) in [5.41, 5.74) is 0.197. The lowest BCUT2D eigenvalue weighted by atomic mass is 10.0. The monoisotopic (exact) mass is 342 g/mol. The second kappa shape index (κ2) is 5.72. The van der Waals surface area contributed by atoms with E-state index in [2.05, 4.69) is 15.9 Å². The molecule has 0 spiro atoms. The van der Waals surface area contributed by atoms with E-state index in [0.717, 1.165) is 0 Å². The SMILES string of the molecule is COc1ccc(C(=O)c2c(F)cccc2Br)c(Cl)c1. The number of ether oxygens (including phenoxy) is 1. The lowest BCUT2D eigenvalue weighted by Gasteiger charge is -2.08. The smallest absolute Gasteiger partial charge is 0.198 e. The van der Waals surface area contributed by atoms with Crippen LogP contribution in [0, 0.1) is 5.82 Å². The van der Waals surface area contributed by atoms with E-state index in [1.807, 2.05) is 0 Å². The standard InChI is InChI=1S/C14H9BrClFO2/c1-19-8-5-6-9(11(16)7-8)14(18)13-10(15)3-2-4-12(13)17/h2-7H,1H3. The van der Waals surface area contributed by atoms with E-state index in [4.69, 9.17) is 16.3 Å². The van der Waals surface area contributed by atoms with Gasteiger partial charge in [0.25, 0.3) is 0 Å². The Kier molecular flexibility index (Phi) is 4.22. The van der Waals surface area contributed by atoms with Crippen molar-refractivity contribution in [2.45, 2.75) is 0 Å². The van der Waals surface area contributed by atoms with E-state index >= 15 is 0 Å². The van der Waals surface area contributed by atoms with Crippen molar-refractivity contribution >= 4 is 33.3 Å². The van der Waals surface area contributed by atoms with Crippen LogP contribution in [0.4, 0.5) is 4.39 Å². The highest BCUT2D eigenvalue weighted by Crippen LogP contribution is 2.28. The number of halogens is 3. The van der Waals surface area contributed by atoms with Gasteiger partial charge < -0.3 is 4.74 Å². The maximum Gasteiger partial charge on any atom is 0.198 e. The molecule has 0 fully saturated rings. The van der Waals surface area contributed by atoms with Crippen molar-refractivity contribution in [3.63, 3.8) is 0 Å². The van der Waals surface area contributed by atoms with Gasteiger partial charge in [0.1, 0.15) is 11.6 Å². The second-order valence-corrected chi connectivity index (χ2v) is 5.03. The molecule has 2 rings (SSSR count). The number of hydrogen-bond acceptors (Lipinski definition) is 2. The van der Waals surface area contributed by atoms with Crippen LogP contribution in [0.5, 0.6) is 5.75 Å². The van der Waals surface area contributed by atoms with Gasteiger partial charge in [0.15, 0.2) is 5.78 Å². The quantitative estimate of drug-likeness (QED) is 0.768. The van der Waals surface area contributed by atoms with Crippen molar-refractivity contribution in [1.82, 2.24) is 0 Å². The molecular formula is C14H9BrClFO2. The molecule has 0 unspecified atom stereocenters. The van der Waals surface area contributed by atoms with E-state index in [1.165, 1.54) is 31.4 Å². The summed E-state index contributed by atoms with van der Waals surface area (Å²) in [7, 11) is 1.50. The molecule has 5 heteroatoms. The molecule has 2 nitrogen and oxygen atoms in total. The summed E-state index contributed by atoms with van der Waals surface area (Å²) in [5.74, 6) is -0.530. The minimum Gasteiger partial charge on any atom is -0.497 e. The molecule has 0 saturated heterocycles. The van der Waals surface area contributed by atoms with Crippen LogP contribution < -0.4 is 4.74 Å². The topological polar surface area (TPSA) is 26.3 Å². The highest BCUT2D eigenvalue weighted by molar-refractivity contribution is 9.10. The Balaban J connectivity index is 2.51. The average molecular weight is 344 g/mol. The van der Waals surface area contributed by atoms with Crippen LogP contribution in [0.3, 0.4) is 0 Å². The molecule has 0 aromatic heterocycles. The lowest BCUT2D eigenvalue weighted by molar-refractivity contribution is 0.103. The first-order valence-electron chi connectivity index (χ1n) is 5.37. The second-order valence-electron chi connectivity index (χ2n) is 3.77. The Labute approximate surface area is 123 Å². The molecule has 0 radical (unpaired) electrons. The first-order valence-corrected chi connectivity index (χ1v) is 6.54. The summed E-state index contributed by atoms with van der Waals surface area (Å²) in [5, 5.41) is 0.222. The zero-order valence-electron chi connectivity index (χ0n) is 9.91. The Morgan fingerprint density at radius 2 is 2.05 bits per heavy atom. The third-order valence-electron chi connectivity index (χ3n) is 2.61. The fourth-order valence-electron chi connectivity index (χ4n) is 1.66. The fourth-order valence-corrected chi connectivity index (χ4v) is 2.43. The molecule has 0 aliphatic carbocycles. The predicted octanol–water partition coefficient (Wildman–Crippen LogP) is 4.48. The van der Waals surface area contributed by atoms with Crippen LogP contribution in [-0.2, 0) is 0 Å². The molecule has 0 heterocycles. The molecule has 2 aromatic rings. The van der Waals surface area contributed by atoms with Gasteiger partial charge in [-0.15, -0.1) is 0 Å². The summed E-state index contributed by atoms with van der Waals surface area (Å²) >= 11 is 9.19. The van der Waals surface area contributed by atoms with Gasteiger partial charge in [-0.1, -0.05) is 17.7 Å². The number of carbonyl (C=O) groups is 1. The highest BCUT2D eigenvalue weighted by Gasteiger charge is 2.19. The van der Waals surface area contributed by atoms with Crippen LogP contribution in [-0.4, -0.2) is 12.9 Å². The normalized spacial score (nSPS) is 10.3. The summed E-state index contributed by atoms with van der Waals surface area (Å²) in [6, 6.07) is 8.99. The largest absolute Gasteiger partial charge is 0.497 e. The van der Waals surface area contributed by atoms with Gasteiger partial charge in [0, 0.05) is 10.0 Å². The van der Waals surface area contributed by atoms with Crippen LogP contribution in [0.15, 0.2) is 40.9 Å². The third kappa shape index (κ3) is 2.80. The number of rotatable bonds is 3. The molecule has 0 atom stereocenters. The maximum absolute atomic E-state index is 13.7. The van der Waals surface area contributed by atoms with Crippen molar-refractivity contribution in [2.75, 3.05) is 7.11 Å². The van der Waals surface area contributed by atoms with Gasteiger partial charge in [0.2, 0.25) is 0 Å².